The van der Waals surface area contributed by atoms with Crippen molar-refractivity contribution in [3.05, 3.63) is 0 Å². The molecule has 2 fully saturated rings. The average Bonchev–Trinajstić information content (AvgIpc) is 2.95. The molecule has 2 aliphatic heterocycles. The summed E-state index contributed by atoms with van der Waals surface area (Å²) >= 11 is 0. The molecular weight excluding hydrogens is 266 g/mol. The maximum absolute atomic E-state index is 12.1. The molecule has 2 atom stereocenters. The zero-order valence-corrected chi connectivity index (χ0v) is 13.9. The molecule has 122 valence electrons. The van der Waals surface area contributed by atoms with Gasteiger partial charge in [0.2, 0.25) is 0 Å². The van der Waals surface area contributed by atoms with Crippen molar-refractivity contribution < 1.29 is 9.53 Å². The summed E-state index contributed by atoms with van der Waals surface area (Å²) in [5, 5.41) is 3.30. The van der Waals surface area contributed by atoms with Crippen molar-refractivity contribution >= 4 is 5.97 Å². The Morgan fingerprint density at radius 2 is 2.00 bits per heavy atom. The highest BCUT2D eigenvalue weighted by Gasteiger charge is 2.38. The molecule has 0 saturated carbocycles. The molecule has 2 rings (SSSR count). The fourth-order valence-electron chi connectivity index (χ4n) is 3.79. The van der Waals surface area contributed by atoms with E-state index in [1.807, 2.05) is 13.8 Å². The SMILES string of the molecule is CCNC(C)(CN1CCC(N2CCCCC2)C1)C(=O)OC. The van der Waals surface area contributed by atoms with Gasteiger partial charge in [-0.25, -0.2) is 0 Å². The van der Waals surface area contributed by atoms with Crippen LogP contribution in [0.25, 0.3) is 0 Å². The highest BCUT2D eigenvalue weighted by molar-refractivity contribution is 5.80. The van der Waals surface area contributed by atoms with Crippen molar-refractivity contribution in [3.8, 4) is 0 Å². The first-order chi connectivity index (χ1) is 10.1. The van der Waals surface area contributed by atoms with Gasteiger partial charge >= 0.3 is 5.97 Å². The van der Waals surface area contributed by atoms with E-state index < -0.39 is 5.54 Å². The van der Waals surface area contributed by atoms with Gasteiger partial charge in [0.25, 0.3) is 0 Å². The van der Waals surface area contributed by atoms with Gasteiger partial charge in [0.1, 0.15) is 5.54 Å². The maximum atomic E-state index is 12.1. The van der Waals surface area contributed by atoms with Gasteiger partial charge in [0.05, 0.1) is 7.11 Å². The number of methoxy groups -OCH3 is 1. The molecule has 0 aliphatic carbocycles. The largest absolute Gasteiger partial charge is 0.468 e. The monoisotopic (exact) mass is 297 g/mol. The molecule has 0 aromatic heterocycles. The highest BCUT2D eigenvalue weighted by atomic mass is 16.5. The summed E-state index contributed by atoms with van der Waals surface area (Å²) in [5.41, 5.74) is -0.597. The van der Waals surface area contributed by atoms with Crippen LogP contribution in [-0.4, -0.2) is 73.7 Å². The van der Waals surface area contributed by atoms with E-state index in [9.17, 15) is 4.79 Å². The van der Waals surface area contributed by atoms with Crippen LogP contribution < -0.4 is 5.32 Å². The summed E-state index contributed by atoms with van der Waals surface area (Å²) in [5.74, 6) is -0.161. The van der Waals surface area contributed by atoms with Crippen molar-refractivity contribution in [2.45, 2.75) is 51.1 Å². The number of carbonyl (C=O) groups excluding carboxylic acids is 1. The molecule has 0 bridgehead atoms. The third-order valence-electron chi connectivity index (χ3n) is 4.90. The second kappa shape index (κ2) is 7.56. The van der Waals surface area contributed by atoms with E-state index in [0.717, 1.165) is 26.2 Å². The predicted molar refractivity (Wildman–Crippen MR) is 84.4 cm³/mol. The number of esters is 1. The zero-order chi connectivity index (χ0) is 15.3. The van der Waals surface area contributed by atoms with Crippen LogP contribution in [0.1, 0.15) is 39.5 Å². The Bertz CT molecular complexity index is 344. The minimum absolute atomic E-state index is 0.161. The van der Waals surface area contributed by atoms with E-state index >= 15 is 0 Å². The lowest BCUT2D eigenvalue weighted by molar-refractivity contribution is -0.148. The molecule has 1 N–H and O–H groups in total. The van der Waals surface area contributed by atoms with Crippen LogP contribution in [0.15, 0.2) is 0 Å². The van der Waals surface area contributed by atoms with Gasteiger partial charge in [0, 0.05) is 19.1 Å². The van der Waals surface area contributed by atoms with Crippen molar-refractivity contribution in [3.63, 3.8) is 0 Å². The van der Waals surface area contributed by atoms with Crippen LogP contribution in [0, 0.1) is 0 Å². The van der Waals surface area contributed by atoms with Crippen LogP contribution >= 0.6 is 0 Å². The lowest BCUT2D eigenvalue weighted by atomic mass is 10.0. The normalized spacial score (nSPS) is 27.5. The fourth-order valence-corrected chi connectivity index (χ4v) is 3.79. The number of hydrogen-bond acceptors (Lipinski definition) is 5. The van der Waals surface area contributed by atoms with Gasteiger partial charge in [-0.3, -0.25) is 14.6 Å². The molecular formula is C16H31N3O2. The van der Waals surface area contributed by atoms with Crippen molar-refractivity contribution in [1.82, 2.24) is 15.1 Å². The summed E-state index contributed by atoms with van der Waals surface area (Å²) < 4.78 is 4.98. The molecule has 5 heteroatoms. The second-order valence-corrected chi connectivity index (χ2v) is 6.63. The number of likely N-dealkylation sites (tertiary alicyclic amines) is 2. The van der Waals surface area contributed by atoms with E-state index in [1.165, 1.54) is 45.9 Å². The standard InChI is InChI=1S/C16H31N3O2/c1-4-17-16(2,15(20)21-3)13-18-11-8-14(12-18)19-9-6-5-7-10-19/h14,17H,4-13H2,1-3H3. The molecule has 5 nitrogen and oxygen atoms in total. The Labute approximate surface area is 129 Å². The quantitative estimate of drug-likeness (QED) is 0.744. The van der Waals surface area contributed by atoms with Gasteiger partial charge in [-0.05, 0) is 52.4 Å². The number of nitrogens with zero attached hydrogens (tertiary/aromatic N) is 2. The van der Waals surface area contributed by atoms with Crippen LogP contribution in [0.5, 0.6) is 0 Å². The Balaban J connectivity index is 1.89. The maximum Gasteiger partial charge on any atom is 0.327 e. The number of hydrogen-bond donors (Lipinski definition) is 1. The van der Waals surface area contributed by atoms with Crippen molar-refractivity contribution in [2.24, 2.45) is 0 Å². The van der Waals surface area contributed by atoms with Gasteiger partial charge in [-0.2, -0.15) is 0 Å². The summed E-state index contributed by atoms with van der Waals surface area (Å²) in [7, 11) is 1.47. The molecule has 0 amide bonds. The van der Waals surface area contributed by atoms with Crippen LogP contribution in [0.2, 0.25) is 0 Å². The highest BCUT2D eigenvalue weighted by Crippen LogP contribution is 2.22. The smallest absolute Gasteiger partial charge is 0.327 e. The molecule has 0 spiro atoms. The number of nitrogens with one attached hydrogen (secondary N) is 1. The lowest BCUT2D eigenvalue weighted by Crippen LogP contribution is -2.57. The summed E-state index contributed by atoms with van der Waals surface area (Å²) in [6, 6.07) is 0.675. The first-order valence-electron chi connectivity index (χ1n) is 8.39. The molecule has 2 saturated heterocycles. The van der Waals surface area contributed by atoms with E-state index in [4.69, 9.17) is 4.74 Å². The Morgan fingerprint density at radius 3 is 2.62 bits per heavy atom. The number of piperidine rings is 1. The van der Waals surface area contributed by atoms with E-state index in [-0.39, 0.29) is 5.97 Å². The van der Waals surface area contributed by atoms with E-state index in [1.54, 1.807) is 0 Å². The molecule has 0 radical (unpaired) electrons. The van der Waals surface area contributed by atoms with Crippen molar-refractivity contribution in [2.75, 3.05) is 46.4 Å². The molecule has 2 unspecified atom stereocenters. The van der Waals surface area contributed by atoms with Gasteiger partial charge < -0.3 is 10.1 Å². The number of likely N-dealkylation sites (N-methyl/N-ethyl adjacent to an activating group) is 1. The van der Waals surface area contributed by atoms with Gasteiger partial charge in [-0.15, -0.1) is 0 Å². The minimum atomic E-state index is -0.597. The summed E-state index contributed by atoms with van der Waals surface area (Å²) in [6.07, 6.45) is 5.29. The topological polar surface area (TPSA) is 44.8 Å². The third-order valence-corrected chi connectivity index (χ3v) is 4.90. The molecule has 0 aromatic carbocycles. The Hall–Kier alpha value is -0.650. The first kappa shape index (κ1) is 16.7. The van der Waals surface area contributed by atoms with E-state index in [0.29, 0.717) is 6.04 Å². The molecule has 2 aliphatic rings. The Morgan fingerprint density at radius 1 is 1.29 bits per heavy atom. The lowest BCUT2D eigenvalue weighted by Gasteiger charge is -2.34. The van der Waals surface area contributed by atoms with Crippen molar-refractivity contribution in [1.29, 1.82) is 0 Å². The van der Waals surface area contributed by atoms with Gasteiger partial charge in [-0.1, -0.05) is 13.3 Å². The zero-order valence-electron chi connectivity index (χ0n) is 13.9. The van der Waals surface area contributed by atoms with E-state index in [2.05, 4.69) is 15.1 Å². The van der Waals surface area contributed by atoms with Crippen LogP contribution in [0.3, 0.4) is 0 Å². The number of rotatable bonds is 6. The fraction of sp³-hybridized carbons (Fsp3) is 0.938. The number of ether oxygens (including phenoxy) is 1. The van der Waals surface area contributed by atoms with Crippen LogP contribution in [-0.2, 0) is 9.53 Å². The van der Waals surface area contributed by atoms with Gasteiger partial charge in [0.15, 0.2) is 0 Å². The number of carbonyl (C=O) groups is 1. The molecule has 21 heavy (non-hydrogen) atoms. The second-order valence-electron chi connectivity index (χ2n) is 6.63. The predicted octanol–water partition coefficient (Wildman–Crippen LogP) is 1.09. The minimum Gasteiger partial charge on any atom is -0.468 e. The third kappa shape index (κ3) is 4.18. The molecule has 2 heterocycles. The summed E-state index contributed by atoms with van der Waals surface area (Å²) in [6.45, 7) is 10.2. The summed E-state index contributed by atoms with van der Waals surface area (Å²) in [4.78, 5) is 17.1. The first-order valence-corrected chi connectivity index (χ1v) is 8.39. The average molecular weight is 297 g/mol. The van der Waals surface area contributed by atoms with Crippen LogP contribution in [0.4, 0.5) is 0 Å². The molecule has 0 aromatic rings. The Kier molecular flexibility index (Phi) is 6.02.